The summed E-state index contributed by atoms with van der Waals surface area (Å²) in [5, 5.41) is 13.3. The van der Waals surface area contributed by atoms with E-state index in [1.807, 2.05) is 0 Å². The van der Waals surface area contributed by atoms with Crippen molar-refractivity contribution in [1.82, 2.24) is 5.32 Å². The molecule has 7 N–H and O–H groups in total. The highest BCUT2D eigenvalue weighted by Crippen LogP contribution is 2.09. The van der Waals surface area contributed by atoms with Crippen LogP contribution in [0.5, 0.6) is 0 Å². The van der Waals surface area contributed by atoms with Crippen molar-refractivity contribution >= 4 is 29.5 Å². The van der Waals surface area contributed by atoms with Gasteiger partial charge in [0.15, 0.2) is 0 Å². The van der Waals surface area contributed by atoms with E-state index in [1.165, 1.54) is 24.3 Å². The first-order chi connectivity index (χ1) is 9.79. The maximum atomic E-state index is 11.6. The molecule has 1 aromatic carbocycles. The van der Waals surface area contributed by atoms with Crippen LogP contribution in [0.4, 0.5) is 10.5 Å². The molecule has 0 aliphatic heterocycles. The highest BCUT2D eigenvalue weighted by molar-refractivity contribution is 5.95. The van der Waals surface area contributed by atoms with Gasteiger partial charge in [-0.1, -0.05) is 0 Å². The number of amides is 4. The zero-order chi connectivity index (χ0) is 16.0. The van der Waals surface area contributed by atoms with E-state index in [9.17, 15) is 19.2 Å². The number of aliphatic carboxylic acids is 1. The molecule has 0 heterocycles. The van der Waals surface area contributed by atoms with E-state index in [1.54, 1.807) is 0 Å². The van der Waals surface area contributed by atoms with Gasteiger partial charge in [-0.25, -0.2) is 9.59 Å². The summed E-state index contributed by atoms with van der Waals surface area (Å²) in [5.41, 5.74) is 10.5. The maximum absolute atomic E-state index is 11.6. The molecule has 0 saturated carbocycles. The SMILES string of the molecule is NC(=O)C[C@@H](NC(=O)Nc1ccc(C(N)=O)cc1)C(=O)O. The number of rotatable bonds is 6. The van der Waals surface area contributed by atoms with E-state index in [4.69, 9.17) is 16.6 Å². The summed E-state index contributed by atoms with van der Waals surface area (Å²) < 4.78 is 0. The van der Waals surface area contributed by atoms with Crippen molar-refractivity contribution in [3.63, 3.8) is 0 Å². The lowest BCUT2D eigenvalue weighted by molar-refractivity contribution is -0.140. The maximum Gasteiger partial charge on any atom is 0.326 e. The monoisotopic (exact) mass is 294 g/mol. The Bertz CT molecular complexity index is 570. The fourth-order valence-electron chi connectivity index (χ4n) is 1.44. The van der Waals surface area contributed by atoms with Gasteiger partial charge in [-0.15, -0.1) is 0 Å². The Morgan fingerprint density at radius 1 is 1.10 bits per heavy atom. The van der Waals surface area contributed by atoms with Gasteiger partial charge in [0, 0.05) is 11.3 Å². The van der Waals surface area contributed by atoms with Crippen LogP contribution in [0.3, 0.4) is 0 Å². The second-order valence-electron chi connectivity index (χ2n) is 4.10. The Kier molecular flexibility index (Phi) is 5.24. The fourth-order valence-corrected chi connectivity index (χ4v) is 1.44. The summed E-state index contributed by atoms with van der Waals surface area (Å²) in [6, 6.07) is 3.39. The average Bonchev–Trinajstić information content (AvgIpc) is 2.37. The summed E-state index contributed by atoms with van der Waals surface area (Å²) in [7, 11) is 0. The predicted octanol–water partition coefficient (Wildman–Crippen LogP) is -0.764. The van der Waals surface area contributed by atoms with Gasteiger partial charge < -0.3 is 27.2 Å². The van der Waals surface area contributed by atoms with E-state index < -0.39 is 36.3 Å². The number of carboxylic acids is 1. The lowest BCUT2D eigenvalue weighted by Crippen LogP contribution is -2.45. The third kappa shape index (κ3) is 5.19. The Labute approximate surface area is 119 Å². The largest absolute Gasteiger partial charge is 0.480 e. The molecule has 0 unspecified atom stereocenters. The molecule has 0 radical (unpaired) electrons. The normalized spacial score (nSPS) is 11.2. The van der Waals surface area contributed by atoms with Crippen molar-refractivity contribution < 1.29 is 24.3 Å². The average molecular weight is 294 g/mol. The zero-order valence-corrected chi connectivity index (χ0v) is 10.8. The quantitative estimate of drug-likeness (QED) is 0.464. The molecule has 0 saturated heterocycles. The van der Waals surface area contributed by atoms with Crippen LogP contribution in [-0.4, -0.2) is 35.0 Å². The van der Waals surface area contributed by atoms with E-state index in [0.717, 1.165) is 0 Å². The molecule has 112 valence electrons. The number of carbonyl (C=O) groups excluding carboxylic acids is 3. The van der Waals surface area contributed by atoms with E-state index >= 15 is 0 Å². The minimum absolute atomic E-state index is 0.262. The Morgan fingerprint density at radius 2 is 1.67 bits per heavy atom. The van der Waals surface area contributed by atoms with Crippen LogP contribution in [0.1, 0.15) is 16.8 Å². The summed E-state index contributed by atoms with van der Waals surface area (Å²) in [6.45, 7) is 0. The molecule has 1 rings (SSSR count). The summed E-state index contributed by atoms with van der Waals surface area (Å²) in [5.74, 6) is -2.85. The summed E-state index contributed by atoms with van der Waals surface area (Å²) in [6.07, 6.45) is -0.524. The molecule has 1 atom stereocenters. The summed E-state index contributed by atoms with van der Waals surface area (Å²) in [4.78, 5) is 44.0. The van der Waals surface area contributed by atoms with Gasteiger partial charge >= 0.3 is 12.0 Å². The minimum Gasteiger partial charge on any atom is -0.480 e. The molecule has 21 heavy (non-hydrogen) atoms. The molecule has 0 spiro atoms. The number of nitrogens with two attached hydrogens (primary N) is 2. The predicted molar refractivity (Wildman–Crippen MR) is 72.3 cm³/mol. The Balaban J connectivity index is 2.65. The van der Waals surface area contributed by atoms with Crippen molar-refractivity contribution in [2.45, 2.75) is 12.5 Å². The first kappa shape index (κ1) is 16.0. The smallest absolute Gasteiger partial charge is 0.326 e. The first-order valence-corrected chi connectivity index (χ1v) is 5.78. The van der Waals surface area contributed by atoms with Crippen LogP contribution in [0.15, 0.2) is 24.3 Å². The van der Waals surface area contributed by atoms with Crippen LogP contribution in [0.2, 0.25) is 0 Å². The molecule has 1 aromatic rings. The van der Waals surface area contributed by atoms with Crippen molar-refractivity contribution in [2.75, 3.05) is 5.32 Å². The number of benzene rings is 1. The van der Waals surface area contributed by atoms with Crippen molar-refractivity contribution in [2.24, 2.45) is 11.5 Å². The lowest BCUT2D eigenvalue weighted by Gasteiger charge is -2.13. The Morgan fingerprint density at radius 3 is 2.10 bits per heavy atom. The standard InChI is InChI=1S/C12H14N4O5/c13-9(17)5-8(11(19)20)16-12(21)15-7-3-1-6(2-4-7)10(14)18/h1-4,8H,5H2,(H2,13,17)(H2,14,18)(H,19,20)(H2,15,16,21)/t8-/m1/s1. The van der Waals surface area contributed by atoms with Gasteiger partial charge in [-0.05, 0) is 24.3 Å². The number of hydrogen-bond donors (Lipinski definition) is 5. The molecule has 0 fully saturated rings. The van der Waals surface area contributed by atoms with Gasteiger partial charge in [0.25, 0.3) is 0 Å². The third-order valence-electron chi connectivity index (χ3n) is 2.44. The van der Waals surface area contributed by atoms with Crippen LogP contribution in [0.25, 0.3) is 0 Å². The molecule has 0 aromatic heterocycles. The van der Waals surface area contributed by atoms with E-state index in [2.05, 4.69) is 10.6 Å². The van der Waals surface area contributed by atoms with Gasteiger partial charge in [0.1, 0.15) is 6.04 Å². The fraction of sp³-hybridized carbons (Fsp3) is 0.167. The molecule has 0 aliphatic rings. The molecule has 4 amide bonds. The number of carbonyl (C=O) groups is 4. The van der Waals surface area contributed by atoms with Gasteiger partial charge in [0.2, 0.25) is 11.8 Å². The van der Waals surface area contributed by atoms with Crippen molar-refractivity contribution in [3.8, 4) is 0 Å². The number of urea groups is 1. The van der Waals surface area contributed by atoms with Crippen LogP contribution >= 0.6 is 0 Å². The topological polar surface area (TPSA) is 165 Å². The highest BCUT2D eigenvalue weighted by Gasteiger charge is 2.22. The van der Waals surface area contributed by atoms with Crippen molar-refractivity contribution in [1.29, 1.82) is 0 Å². The van der Waals surface area contributed by atoms with Crippen molar-refractivity contribution in [3.05, 3.63) is 29.8 Å². The second-order valence-corrected chi connectivity index (χ2v) is 4.10. The number of hydrogen-bond acceptors (Lipinski definition) is 4. The van der Waals surface area contributed by atoms with Gasteiger partial charge in [-0.3, -0.25) is 9.59 Å². The lowest BCUT2D eigenvalue weighted by atomic mass is 10.2. The first-order valence-electron chi connectivity index (χ1n) is 5.78. The third-order valence-corrected chi connectivity index (χ3v) is 2.44. The summed E-state index contributed by atoms with van der Waals surface area (Å²) >= 11 is 0. The molecule has 9 nitrogen and oxygen atoms in total. The molecular formula is C12H14N4O5. The van der Waals surface area contributed by atoms with Gasteiger partial charge in [-0.2, -0.15) is 0 Å². The minimum atomic E-state index is -1.42. The molecular weight excluding hydrogens is 280 g/mol. The van der Waals surface area contributed by atoms with Gasteiger partial charge in [0.05, 0.1) is 6.42 Å². The number of carboxylic acid groups (broad SMARTS) is 1. The Hall–Kier alpha value is -3.10. The van der Waals surface area contributed by atoms with Crippen LogP contribution < -0.4 is 22.1 Å². The number of nitrogens with one attached hydrogen (secondary N) is 2. The molecule has 9 heteroatoms. The highest BCUT2D eigenvalue weighted by atomic mass is 16.4. The molecule has 0 bridgehead atoms. The number of primary amides is 2. The number of anilines is 1. The van der Waals surface area contributed by atoms with Crippen LogP contribution in [0, 0.1) is 0 Å². The zero-order valence-electron chi connectivity index (χ0n) is 10.8. The van der Waals surface area contributed by atoms with Crippen LogP contribution in [-0.2, 0) is 9.59 Å². The second kappa shape index (κ2) is 6.89. The molecule has 0 aliphatic carbocycles. The van der Waals surface area contributed by atoms with E-state index in [-0.39, 0.29) is 5.56 Å². The van der Waals surface area contributed by atoms with E-state index in [0.29, 0.717) is 5.69 Å².